The molecule has 3 aromatic rings. The van der Waals surface area contributed by atoms with E-state index in [1.807, 2.05) is 37.4 Å². The summed E-state index contributed by atoms with van der Waals surface area (Å²) >= 11 is 0. The van der Waals surface area contributed by atoms with E-state index in [4.69, 9.17) is 4.74 Å². The largest absolute Gasteiger partial charge is 0.378 e. The third-order valence-corrected chi connectivity index (χ3v) is 4.90. The van der Waals surface area contributed by atoms with Crippen LogP contribution in [-0.2, 0) is 11.3 Å². The van der Waals surface area contributed by atoms with Crippen molar-refractivity contribution >= 4 is 22.5 Å². The van der Waals surface area contributed by atoms with Gasteiger partial charge in [0.2, 0.25) is 0 Å². The highest BCUT2D eigenvalue weighted by molar-refractivity contribution is 5.94. The Morgan fingerprint density at radius 2 is 1.78 bits per heavy atom. The number of rotatable bonds is 4. The van der Waals surface area contributed by atoms with Crippen molar-refractivity contribution in [3.05, 3.63) is 71.9 Å². The first-order valence-corrected chi connectivity index (χ1v) is 9.23. The topological polar surface area (TPSA) is 45.7 Å². The van der Waals surface area contributed by atoms with Gasteiger partial charge in [0.25, 0.3) is 5.91 Å². The molecule has 1 saturated heterocycles. The lowest BCUT2D eigenvalue weighted by Gasteiger charge is -2.29. The lowest BCUT2D eigenvalue weighted by molar-refractivity contribution is 0.0779. The molecule has 1 aliphatic rings. The summed E-state index contributed by atoms with van der Waals surface area (Å²) in [4.78, 5) is 21.3. The van der Waals surface area contributed by atoms with Crippen LogP contribution < -0.4 is 4.90 Å². The van der Waals surface area contributed by atoms with Crippen LogP contribution in [0.2, 0.25) is 0 Å². The summed E-state index contributed by atoms with van der Waals surface area (Å²) in [5.41, 5.74) is 3.61. The van der Waals surface area contributed by atoms with E-state index < -0.39 is 0 Å². The lowest BCUT2D eigenvalue weighted by atomic mass is 10.1. The zero-order chi connectivity index (χ0) is 18.6. The van der Waals surface area contributed by atoms with Gasteiger partial charge in [-0.05, 0) is 29.8 Å². The van der Waals surface area contributed by atoms with Crippen molar-refractivity contribution in [2.75, 3.05) is 38.3 Å². The highest BCUT2D eigenvalue weighted by atomic mass is 16.5. The van der Waals surface area contributed by atoms with E-state index in [0.717, 1.165) is 42.8 Å². The summed E-state index contributed by atoms with van der Waals surface area (Å²) in [5.74, 6) is -0.0713. The van der Waals surface area contributed by atoms with E-state index in [0.29, 0.717) is 12.2 Å². The average Bonchev–Trinajstić information content (AvgIpc) is 2.74. The van der Waals surface area contributed by atoms with E-state index in [1.54, 1.807) is 11.0 Å². The Morgan fingerprint density at radius 1 is 1.04 bits per heavy atom. The second-order valence-electron chi connectivity index (χ2n) is 6.82. The molecular weight excluding hydrogens is 338 g/mol. The van der Waals surface area contributed by atoms with Gasteiger partial charge >= 0.3 is 0 Å². The fourth-order valence-corrected chi connectivity index (χ4v) is 3.36. The Balaban J connectivity index is 1.44. The number of morpholine rings is 1. The number of carbonyl (C=O) groups excluding carboxylic acids is 1. The Kier molecular flexibility index (Phi) is 5.03. The number of carbonyl (C=O) groups is 1. The van der Waals surface area contributed by atoms with Crippen LogP contribution >= 0.6 is 0 Å². The Hall–Kier alpha value is -2.92. The number of amides is 1. The molecule has 0 bridgehead atoms. The third-order valence-electron chi connectivity index (χ3n) is 4.90. The molecule has 5 nitrogen and oxygen atoms in total. The molecule has 4 rings (SSSR count). The molecule has 138 valence electrons. The van der Waals surface area contributed by atoms with Crippen LogP contribution in [0.3, 0.4) is 0 Å². The van der Waals surface area contributed by atoms with E-state index >= 15 is 0 Å². The summed E-state index contributed by atoms with van der Waals surface area (Å²) in [7, 11) is 1.81. The molecule has 0 spiro atoms. The average molecular weight is 361 g/mol. The fraction of sp³-hybridized carbons (Fsp3) is 0.273. The van der Waals surface area contributed by atoms with Gasteiger partial charge in [-0.25, -0.2) is 4.98 Å². The van der Waals surface area contributed by atoms with E-state index in [9.17, 15) is 4.79 Å². The van der Waals surface area contributed by atoms with Crippen LogP contribution in [0.1, 0.15) is 16.1 Å². The Bertz CT molecular complexity index is 934. The zero-order valence-corrected chi connectivity index (χ0v) is 15.5. The first-order chi connectivity index (χ1) is 13.2. The van der Waals surface area contributed by atoms with Crippen LogP contribution in [0.4, 0.5) is 5.69 Å². The SMILES string of the molecule is CN(Cc1ccc(N2CCOCC2)cc1)C(=O)c1ccc2ccccc2n1. The number of aromatic nitrogens is 1. The molecule has 0 N–H and O–H groups in total. The minimum absolute atomic E-state index is 0.0713. The summed E-state index contributed by atoms with van der Waals surface area (Å²) < 4.78 is 5.40. The maximum absolute atomic E-state index is 12.7. The van der Waals surface area contributed by atoms with Gasteiger partial charge in [-0.1, -0.05) is 36.4 Å². The van der Waals surface area contributed by atoms with Gasteiger partial charge < -0.3 is 14.5 Å². The minimum Gasteiger partial charge on any atom is -0.378 e. The maximum atomic E-state index is 12.7. The number of para-hydroxylation sites is 1. The smallest absolute Gasteiger partial charge is 0.272 e. The van der Waals surface area contributed by atoms with Gasteiger partial charge in [-0.2, -0.15) is 0 Å². The Labute approximate surface area is 159 Å². The summed E-state index contributed by atoms with van der Waals surface area (Å²) in [6.07, 6.45) is 0. The molecule has 27 heavy (non-hydrogen) atoms. The van der Waals surface area contributed by atoms with Crippen LogP contribution in [-0.4, -0.2) is 49.1 Å². The lowest BCUT2D eigenvalue weighted by Crippen LogP contribution is -2.36. The Morgan fingerprint density at radius 3 is 2.56 bits per heavy atom. The number of fused-ring (bicyclic) bond motifs is 1. The third kappa shape index (κ3) is 3.93. The molecule has 1 fully saturated rings. The highest BCUT2D eigenvalue weighted by Gasteiger charge is 2.15. The summed E-state index contributed by atoms with van der Waals surface area (Å²) in [6, 6.07) is 20.0. The van der Waals surface area contributed by atoms with E-state index in [1.165, 1.54) is 5.69 Å². The molecular formula is C22H23N3O2. The van der Waals surface area contributed by atoms with Crippen LogP contribution in [0.25, 0.3) is 10.9 Å². The number of nitrogens with zero attached hydrogens (tertiary/aromatic N) is 3. The molecule has 0 saturated carbocycles. The van der Waals surface area contributed by atoms with Crippen LogP contribution in [0.5, 0.6) is 0 Å². The first kappa shape index (κ1) is 17.5. The summed E-state index contributed by atoms with van der Waals surface area (Å²) in [6.45, 7) is 3.95. The first-order valence-electron chi connectivity index (χ1n) is 9.23. The number of hydrogen-bond acceptors (Lipinski definition) is 4. The van der Waals surface area contributed by atoms with Crippen molar-refractivity contribution in [1.82, 2.24) is 9.88 Å². The molecule has 5 heteroatoms. The monoisotopic (exact) mass is 361 g/mol. The molecule has 2 aromatic carbocycles. The number of anilines is 1. The van der Waals surface area contributed by atoms with E-state index in [2.05, 4.69) is 34.1 Å². The molecule has 1 aliphatic heterocycles. The van der Waals surface area contributed by atoms with Gasteiger partial charge in [0, 0.05) is 37.8 Å². The zero-order valence-electron chi connectivity index (χ0n) is 15.5. The van der Waals surface area contributed by atoms with Crippen molar-refractivity contribution in [1.29, 1.82) is 0 Å². The van der Waals surface area contributed by atoms with Gasteiger partial charge in [0.05, 0.1) is 18.7 Å². The van der Waals surface area contributed by atoms with Crippen molar-refractivity contribution in [2.45, 2.75) is 6.54 Å². The molecule has 0 unspecified atom stereocenters. The molecule has 2 heterocycles. The molecule has 1 amide bonds. The second kappa shape index (κ2) is 7.76. The van der Waals surface area contributed by atoms with Crippen molar-refractivity contribution < 1.29 is 9.53 Å². The van der Waals surface area contributed by atoms with Gasteiger partial charge in [-0.15, -0.1) is 0 Å². The van der Waals surface area contributed by atoms with Crippen LogP contribution in [0.15, 0.2) is 60.7 Å². The van der Waals surface area contributed by atoms with E-state index in [-0.39, 0.29) is 5.91 Å². The second-order valence-corrected chi connectivity index (χ2v) is 6.82. The number of hydrogen-bond donors (Lipinski definition) is 0. The minimum atomic E-state index is -0.0713. The van der Waals surface area contributed by atoms with Crippen LogP contribution in [0, 0.1) is 0 Å². The predicted octanol–water partition coefficient (Wildman–Crippen LogP) is 3.34. The van der Waals surface area contributed by atoms with Crippen molar-refractivity contribution in [3.63, 3.8) is 0 Å². The standard InChI is InChI=1S/C22H23N3O2/c1-24(22(26)21-11-8-18-4-2-3-5-20(18)23-21)16-17-6-9-19(10-7-17)25-12-14-27-15-13-25/h2-11H,12-16H2,1H3. The van der Waals surface area contributed by atoms with Crippen molar-refractivity contribution in [3.8, 4) is 0 Å². The molecule has 0 radical (unpaired) electrons. The van der Waals surface area contributed by atoms with Gasteiger partial charge in [-0.3, -0.25) is 4.79 Å². The fourth-order valence-electron chi connectivity index (χ4n) is 3.36. The highest BCUT2D eigenvalue weighted by Crippen LogP contribution is 2.18. The summed E-state index contributed by atoms with van der Waals surface area (Å²) in [5, 5.41) is 1.04. The number of ether oxygens (including phenoxy) is 1. The number of benzene rings is 2. The quantitative estimate of drug-likeness (QED) is 0.715. The molecule has 1 aromatic heterocycles. The normalized spacial score (nSPS) is 14.3. The maximum Gasteiger partial charge on any atom is 0.272 e. The van der Waals surface area contributed by atoms with Gasteiger partial charge in [0.15, 0.2) is 0 Å². The molecule has 0 aliphatic carbocycles. The van der Waals surface area contributed by atoms with Crippen molar-refractivity contribution in [2.24, 2.45) is 0 Å². The number of pyridine rings is 1. The molecule has 0 atom stereocenters. The van der Waals surface area contributed by atoms with Gasteiger partial charge in [0.1, 0.15) is 5.69 Å². The predicted molar refractivity (Wildman–Crippen MR) is 107 cm³/mol.